The van der Waals surface area contributed by atoms with Gasteiger partial charge in [-0.1, -0.05) is 104 Å². The zero-order chi connectivity index (χ0) is 85.6. The molecule has 8 aromatic carbocycles. The molecule has 3 amide bonds. The van der Waals surface area contributed by atoms with E-state index in [4.69, 9.17) is 9.47 Å². The van der Waals surface area contributed by atoms with Crippen LogP contribution in [0, 0.1) is 70.1 Å². The Labute approximate surface area is 698 Å². The molecular formula is C95H90F9N9O9. The number of phenols is 1. The van der Waals surface area contributed by atoms with Crippen LogP contribution in [0.15, 0.2) is 188 Å². The van der Waals surface area contributed by atoms with Gasteiger partial charge in [0.2, 0.25) is 0 Å². The molecule has 5 N–H and O–H groups in total. The summed E-state index contributed by atoms with van der Waals surface area (Å²) >= 11 is 0. The van der Waals surface area contributed by atoms with Crippen molar-refractivity contribution in [2.75, 3.05) is 13.7 Å². The number of halogens is 9. The highest BCUT2D eigenvalue weighted by molar-refractivity contribution is 5.97. The normalized spacial score (nSPS) is 20.0. The number of aliphatic hydroxyl groups is 1. The Morgan fingerprint density at radius 1 is 0.484 bits per heavy atom. The zero-order valence-corrected chi connectivity index (χ0v) is 66.9. The lowest BCUT2D eigenvalue weighted by Crippen LogP contribution is -2.46. The average molecular weight is 1670 g/mol. The summed E-state index contributed by atoms with van der Waals surface area (Å²) in [6.07, 6.45) is 14.7. The summed E-state index contributed by atoms with van der Waals surface area (Å²) in [7, 11) is 1.22. The minimum absolute atomic E-state index is 0.00276. The fraction of sp³-hybridized carbons (Fsp3) is 0.326. The second kappa shape index (κ2) is 37.3. The topological polar surface area (TPSA) is 234 Å². The van der Waals surface area contributed by atoms with Gasteiger partial charge in [0.25, 0.3) is 17.7 Å². The number of ether oxygens (including phenoxy) is 2. The molecule has 27 heteroatoms. The highest BCUT2D eigenvalue weighted by atomic mass is 19.2. The van der Waals surface area contributed by atoms with Crippen LogP contribution in [0.5, 0.6) is 5.75 Å². The standard InChI is InChI=1S/C32H30F3N3O4.C32H32F3N3O3.C31H28F3N3O2/c1-42-32(41)27(17-20-8-13-24(39)14-9-20)36-31(40)29-25-5-3-2-4-21(16-19-6-10-22(33)11-7-19)30(25)38(37-29)28-15-12-23(34)18-26(28)35;1-2-41-32(40)27-19-10-11-20(16-19)28(27)36-31(39)29-24-9-4-3-7-21(14-18-6-5-8-22(33)15-18)30(24)38(37-29)26-13-12-23(34)17-25(26)35;32-21-9-5-6-18(15-21)14-20-8-2-4-11-24-29(36-37(30(20)24)26-13-12-22(33)17-25(26)34)31(39)35-28-23-10-3-1-7-19(23)16-27(28)38/h6-15,18,21,27,39H,2-5,16-17H2,1H3,(H,36,40);5-6,8,10-13,15,17,19-21,27-28H,2-4,7,9,14,16H2,1H3,(H,36,39);1,3,5-7,9-10,12-13,15,17,20,27-28,38H,2,4,8,11,14,16H2,(H,35,39)/t21?,27-;19?,20?,21?,27-,28+;20?,27-,28+/m100/s1. The van der Waals surface area contributed by atoms with Gasteiger partial charge in [0.1, 0.15) is 63.8 Å². The van der Waals surface area contributed by atoms with Gasteiger partial charge in [-0.2, -0.15) is 15.3 Å². The van der Waals surface area contributed by atoms with Crippen molar-refractivity contribution in [3.05, 3.63) is 325 Å². The Kier molecular flexibility index (Phi) is 25.9. The quantitative estimate of drug-likeness (QED) is 0.0207. The van der Waals surface area contributed by atoms with Crippen LogP contribution in [0.4, 0.5) is 39.5 Å². The van der Waals surface area contributed by atoms with E-state index >= 15 is 13.2 Å². The van der Waals surface area contributed by atoms with E-state index < -0.39 is 88.7 Å². The molecule has 6 aliphatic carbocycles. The number of amides is 3. The first kappa shape index (κ1) is 84.6. The summed E-state index contributed by atoms with van der Waals surface area (Å²) in [4.78, 5) is 66.9. The molecule has 11 aromatic rings. The van der Waals surface area contributed by atoms with Crippen LogP contribution < -0.4 is 16.0 Å². The predicted octanol–water partition coefficient (Wildman–Crippen LogP) is 17.1. The van der Waals surface area contributed by atoms with Crippen molar-refractivity contribution < 1.29 is 83.2 Å². The molecule has 10 atom stereocenters. The number of hydrogen-bond donors (Lipinski definition) is 5. The first-order chi connectivity index (χ1) is 58.9. The third kappa shape index (κ3) is 18.6. The second-order valence-corrected chi connectivity index (χ2v) is 32.1. The molecule has 18 nitrogen and oxygen atoms in total. The molecule has 3 aromatic heterocycles. The fourth-order valence-corrected chi connectivity index (χ4v) is 18.5. The van der Waals surface area contributed by atoms with Gasteiger partial charge in [0.05, 0.1) is 48.9 Å². The van der Waals surface area contributed by atoms with E-state index in [1.807, 2.05) is 48.6 Å². The molecule has 1 fully saturated rings. The molecule has 5 unspecified atom stereocenters. The number of aliphatic hydroxyl groups excluding tert-OH is 1. The molecule has 122 heavy (non-hydrogen) atoms. The third-order valence-electron chi connectivity index (χ3n) is 24.1. The first-order valence-corrected chi connectivity index (χ1v) is 41.3. The summed E-state index contributed by atoms with van der Waals surface area (Å²) in [5, 5.41) is 42.9. The molecule has 1 saturated carbocycles. The summed E-state index contributed by atoms with van der Waals surface area (Å²) in [6, 6.07) is 40.3. The van der Waals surface area contributed by atoms with Crippen LogP contribution in [-0.2, 0) is 70.4 Å². The number of methoxy groups -OCH3 is 1. The molecule has 632 valence electrons. The van der Waals surface area contributed by atoms with Crippen molar-refractivity contribution in [3.8, 4) is 22.8 Å². The minimum atomic E-state index is -1.06. The van der Waals surface area contributed by atoms with Crippen molar-refractivity contribution in [2.45, 2.75) is 164 Å². The molecule has 2 bridgehead atoms. The van der Waals surface area contributed by atoms with Gasteiger partial charge >= 0.3 is 11.9 Å². The van der Waals surface area contributed by atoms with Crippen LogP contribution in [-0.4, -0.2) is 101 Å². The summed E-state index contributed by atoms with van der Waals surface area (Å²) in [6.45, 7) is 2.01. The van der Waals surface area contributed by atoms with Gasteiger partial charge in [-0.25, -0.2) is 58.4 Å². The average Bonchev–Trinajstić information content (AvgIpc) is 1.71. The Hall–Kier alpha value is -12.4. The number of rotatable bonds is 20. The lowest BCUT2D eigenvalue weighted by Gasteiger charge is -2.27. The number of aromatic hydroxyl groups is 1. The van der Waals surface area contributed by atoms with Crippen molar-refractivity contribution in [1.82, 2.24) is 45.3 Å². The molecular weight excluding hydrogens is 1580 g/mol. The summed E-state index contributed by atoms with van der Waals surface area (Å²) in [5.74, 6) is -9.10. The lowest BCUT2D eigenvalue weighted by molar-refractivity contribution is -0.149. The van der Waals surface area contributed by atoms with Crippen LogP contribution >= 0.6 is 0 Å². The first-order valence-electron chi connectivity index (χ1n) is 41.3. The van der Waals surface area contributed by atoms with Gasteiger partial charge < -0.3 is 35.6 Å². The molecule has 0 spiro atoms. The summed E-state index contributed by atoms with van der Waals surface area (Å²) < 4.78 is 143. The fourth-order valence-electron chi connectivity index (χ4n) is 18.5. The van der Waals surface area contributed by atoms with E-state index in [0.717, 1.165) is 122 Å². The van der Waals surface area contributed by atoms with E-state index in [1.54, 1.807) is 43.3 Å². The van der Waals surface area contributed by atoms with E-state index in [1.165, 1.54) is 87.9 Å². The number of nitrogens with zero attached hydrogens (tertiary/aromatic N) is 6. The lowest BCUT2D eigenvalue weighted by atomic mass is 9.88. The number of esters is 2. The Morgan fingerprint density at radius 2 is 0.926 bits per heavy atom. The molecule has 0 radical (unpaired) electrons. The number of carbonyl (C=O) groups is 5. The van der Waals surface area contributed by atoms with E-state index in [-0.39, 0.29) is 106 Å². The van der Waals surface area contributed by atoms with Gasteiger partial charge in [-0.05, 0) is 221 Å². The molecule has 6 aliphatic rings. The Balaban J connectivity index is 0.000000142. The number of nitrogens with one attached hydrogen (secondary N) is 3. The van der Waals surface area contributed by atoms with Gasteiger partial charge in [-0.15, -0.1) is 0 Å². The number of phenolic OH excluding ortho intramolecular Hbond substituents is 1. The second-order valence-electron chi connectivity index (χ2n) is 32.1. The van der Waals surface area contributed by atoms with Crippen molar-refractivity contribution in [3.63, 3.8) is 0 Å². The number of carbonyl (C=O) groups excluding carboxylic acids is 5. The summed E-state index contributed by atoms with van der Waals surface area (Å²) in [5.41, 5.74) is 9.42. The monoisotopic (exact) mass is 1670 g/mol. The molecule has 0 saturated heterocycles. The number of hydrogen-bond acceptors (Lipinski definition) is 12. The largest absolute Gasteiger partial charge is 0.508 e. The van der Waals surface area contributed by atoms with E-state index in [2.05, 4.69) is 31.2 Å². The molecule has 0 aliphatic heterocycles. The van der Waals surface area contributed by atoms with E-state index in [0.29, 0.717) is 90.7 Å². The minimum Gasteiger partial charge on any atom is -0.508 e. The van der Waals surface area contributed by atoms with Gasteiger partial charge in [-0.3, -0.25) is 19.2 Å². The van der Waals surface area contributed by atoms with Crippen LogP contribution in [0.3, 0.4) is 0 Å². The zero-order valence-electron chi connectivity index (χ0n) is 66.9. The molecule has 3 heterocycles. The third-order valence-corrected chi connectivity index (χ3v) is 24.1. The SMILES string of the molecule is CCOC(=O)[C@H]1C2C=CC(C2)[C@H]1NC(=O)c1nn(-c2ccc(F)cc2F)c2c1CCCCC2Cc1cccc(F)c1.COC(=O)[C@@H](Cc1ccc(O)cc1)NC(=O)c1nn(-c2ccc(F)cc2F)c2c1CCCCC2Cc1ccc(F)cc1.O=C(N[C@@H]1c2ccccc2C[C@@H]1O)c1nn(-c2ccc(F)cc2F)c2c1CCCCC2Cc1cccc(F)c1. The Bertz CT molecular complexity index is 5750. The van der Waals surface area contributed by atoms with Crippen molar-refractivity contribution >= 4 is 29.7 Å². The maximum atomic E-state index is 15.2. The molecule has 17 rings (SSSR count). The van der Waals surface area contributed by atoms with Crippen LogP contribution in [0.2, 0.25) is 0 Å². The van der Waals surface area contributed by atoms with E-state index in [9.17, 15) is 60.5 Å². The number of fused-ring (bicyclic) bond motifs is 6. The highest BCUT2D eigenvalue weighted by Crippen LogP contribution is 2.46. The highest BCUT2D eigenvalue weighted by Gasteiger charge is 2.50. The van der Waals surface area contributed by atoms with Crippen molar-refractivity contribution in [1.29, 1.82) is 0 Å². The van der Waals surface area contributed by atoms with Gasteiger partial charge in [0, 0.05) is 71.5 Å². The number of allylic oxidation sites excluding steroid dienone is 1. The number of aromatic nitrogens is 6. The smallest absolute Gasteiger partial charge is 0.328 e. The maximum Gasteiger partial charge on any atom is 0.328 e. The van der Waals surface area contributed by atoms with Gasteiger partial charge in [0.15, 0.2) is 34.5 Å². The Morgan fingerprint density at radius 3 is 1.40 bits per heavy atom. The van der Waals surface area contributed by atoms with Crippen LogP contribution in [0.25, 0.3) is 17.1 Å². The maximum absolute atomic E-state index is 15.2. The van der Waals surface area contributed by atoms with Crippen LogP contribution in [0.1, 0.15) is 194 Å². The van der Waals surface area contributed by atoms with Crippen molar-refractivity contribution in [2.24, 2.45) is 17.8 Å². The number of benzene rings is 8. The predicted molar refractivity (Wildman–Crippen MR) is 435 cm³/mol.